The second-order valence-electron chi connectivity index (χ2n) is 15.4. The van der Waals surface area contributed by atoms with E-state index in [4.69, 9.17) is 31.5 Å². The van der Waals surface area contributed by atoms with Crippen LogP contribution in [0.4, 0.5) is 0 Å². The third kappa shape index (κ3) is 11.8. The van der Waals surface area contributed by atoms with Gasteiger partial charge in [0.05, 0.1) is 23.7 Å². The molecule has 1 heterocycles. The lowest BCUT2D eigenvalue weighted by Crippen LogP contribution is -2.57. The Morgan fingerprint density at radius 2 is 1.65 bits per heavy atom. The number of halogens is 1. The van der Waals surface area contributed by atoms with Gasteiger partial charge < -0.3 is 35.9 Å². The van der Waals surface area contributed by atoms with Gasteiger partial charge in [-0.05, 0) is 68.4 Å². The van der Waals surface area contributed by atoms with E-state index in [-0.39, 0.29) is 30.0 Å². The number of hydrogen-bond donors (Lipinski definition) is 4. The smallest absolute Gasteiger partial charge is 0.328 e. The van der Waals surface area contributed by atoms with Gasteiger partial charge in [-0.3, -0.25) is 14.4 Å². The number of carbonyl (C=O) groups excluding carboxylic acids is 4. The van der Waals surface area contributed by atoms with Crippen molar-refractivity contribution in [2.45, 2.75) is 118 Å². The Bertz CT molecular complexity index is 1560. The highest BCUT2D eigenvalue weighted by molar-refractivity contribution is 6.32. The van der Waals surface area contributed by atoms with Gasteiger partial charge >= 0.3 is 5.97 Å². The van der Waals surface area contributed by atoms with Crippen molar-refractivity contribution >= 4 is 35.8 Å². The van der Waals surface area contributed by atoms with Crippen molar-refractivity contribution in [1.29, 1.82) is 0 Å². The predicted molar refractivity (Wildman–Crippen MR) is 203 cm³/mol. The standard InChI is InChI=1S/C40H57ClN4O7/c1-10-11-12-32(24(2)34-35(52-34)28-16-13-26(22-42)14-17-28)51-37(48)31(21-39(4,5)6)45-38(49)40(7,8)25(3)44-36(47)30(43-23-46)20-27-15-18-33(50-9)29(41)19-27/h10-11,13-19,23-25,30-32,34-35H,12,20-22,42H2,1-9H3,(H,43,46)(H,44,47)(H,45,49)/b11-10+/t24-,25-,30?,31-,32-,34+,35+/m0/s1. The molecule has 3 amide bonds. The van der Waals surface area contributed by atoms with Crippen molar-refractivity contribution in [1.82, 2.24) is 16.0 Å². The Hall–Kier alpha value is -3.93. The van der Waals surface area contributed by atoms with E-state index in [1.165, 1.54) is 7.11 Å². The predicted octanol–water partition coefficient (Wildman–Crippen LogP) is 5.57. The third-order valence-corrected chi connectivity index (χ3v) is 10.0. The maximum Gasteiger partial charge on any atom is 0.328 e. The molecule has 2 aromatic rings. The van der Waals surface area contributed by atoms with Gasteiger partial charge in [-0.25, -0.2) is 4.79 Å². The van der Waals surface area contributed by atoms with Crippen molar-refractivity contribution in [2.24, 2.45) is 22.5 Å². The maximum atomic E-state index is 13.9. The van der Waals surface area contributed by atoms with Gasteiger partial charge in [0.2, 0.25) is 18.2 Å². The molecule has 52 heavy (non-hydrogen) atoms. The lowest BCUT2D eigenvalue weighted by Gasteiger charge is -2.35. The first-order valence-corrected chi connectivity index (χ1v) is 18.2. The molecule has 1 unspecified atom stereocenters. The Labute approximate surface area is 313 Å². The number of benzene rings is 2. The number of hydrogen-bond acceptors (Lipinski definition) is 8. The summed E-state index contributed by atoms with van der Waals surface area (Å²) in [6.45, 7) is 15.5. The van der Waals surface area contributed by atoms with E-state index in [0.717, 1.165) is 11.1 Å². The zero-order valence-electron chi connectivity index (χ0n) is 32.0. The molecular weight excluding hydrogens is 684 g/mol. The molecule has 0 radical (unpaired) electrons. The molecule has 2 aromatic carbocycles. The number of allylic oxidation sites excluding steroid dienone is 1. The molecule has 7 atom stereocenters. The normalized spacial score (nSPS) is 18.8. The van der Waals surface area contributed by atoms with Gasteiger partial charge in [-0.1, -0.05) is 81.8 Å². The molecule has 1 saturated heterocycles. The lowest BCUT2D eigenvalue weighted by molar-refractivity contribution is -0.157. The molecule has 0 aliphatic carbocycles. The summed E-state index contributed by atoms with van der Waals surface area (Å²) in [5.41, 5.74) is 7.06. The van der Waals surface area contributed by atoms with E-state index >= 15 is 0 Å². The van der Waals surface area contributed by atoms with E-state index in [1.807, 2.05) is 71.0 Å². The van der Waals surface area contributed by atoms with Crippen molar-refractivity contribution in [3.8, 4) is 5.75 Å². The Kier molecular flexibility index (Phi) is 15.3. The summed E-state index contributed by atoms with van der Waals surface area (Å²) in [5.74, 6) is -1.08. The maximum absolute atomic E-state index is 13.9. The van der Waals surface area contributed by atoms with Crippen LogP contribution in [0.1, 0.15) is 91.0 Å². The number of methoxy groups -OCH3 is 1. The van der Waals surface area contributed by atoms with Crippen LogP contribution < -0.4 is 26.4 Å². The minimum atomic E-state index is -1.16. The van der Waals surface area contributed by atoms with Crippen molar-refractivity contribution in [3.63, 3.8) is 0 Å². The summed E-state index contributed by atoms with van der Waals surface area (Å²) in [5, 5.41) is 8.77. The van der Waals surface area contributed by atoms with Gasteiger partial charge in [0.25, 0.3) is 0 Å². The molecule has 0 saturated carbocycles. The molecule has 5 N–H and O–H groups in total. The SMILES string of the molecule is C/C=C/C[C@H](OC(=O)[C@H](CC(C)(C)C)NC(=O)C(C)(C)[C@H](C)NC(=O)C(Cc1ccc(OC)c(Cl)c1)NC=O)[C@H](C)[C@H]1O[C@@H]1c1ccc(CN)cc1. The summed E-state index contributed by atoms with van der Waals surface area (Å²) < 4.78 is 17.5. The number of rotatable bonds is 19. The fourth-order valence-corrected chi connectivity index (χ4v) is 6.22. The van der Waals surface area contributed by atoms with Gasteiger partial charge in [-0.15, -0.1) is 0 Å². The Morgan fingerprint density at radius 1 is 1.00 bits per heavy atom. The monoisotopic (exact) mass is 740 g/mol. The summed E-state index contributed by atoms with van der Waals surface area (Å²) in [6.07, 6.45) is 4.58. The summed E-state index contributed by atoms with van der Waals surface area (Å²) in [4.78, 5) is 52.7. The Balaban J connectivity index is 1.72. The second-order valence-corrected chi connectivity index (χ2v) is 15.8. The molecule has 0 aromatic heterocycles. The first kappa shape index (κ1) is 42.5. The molecular formula is C40H57ClN4O7. The first-order valence-electron chi connectivity index (χ1n) is 17.8. The van der Waals surface area contributed by atoms with Crippen molar-refractivity contribution < 1.29 is 33.4 Å². The molecule has 1 aliphatic heterocycles. The number of epoxide rings is 1. The average Bonchev–Trinajstić information content (AvgIpc) is 3.89. The van der Waals surface area contributed by atoms with Gasteiger partial charge in [-0.2, -0.15) is 0 Å². The van der Waals surface area contributed by atoms with Gasteiger partial charge in [0.1, 0.15) is 30.0 Å². The fraction of sp³-hybridized carbons (Fsp3) is 0.550. The third-order valence-electron chi connectivity index (χ3n) is 9.72. The highest BCUT2D eigenvalue weighted by atomic mass is 35.5. The topological polar surface area (TPSA) is 161 Å². The van der Waals surface area contributed by atoms with Crippen LogP contribution in [-0.2, 0) is 41.6 Å². The Morgan fingerprint density at radius 3 is 2.21 bits per heavy atom. The van der Waals surface area contributed by atoms with Crippen molar-refractivity contribution in [2.75, 3.05) is 7.11 Å². The number of amides is 3. The lowest BCUT2D eigenvalue weighted by atomic mass is 9.82. The number of ether oxygens (including phenoxy) is 3. The average molecular weight is 741 g/mol. The van der Waals surface area contributed by atoms with Crippen LogP contribution in [-0.4, -0.2) is 61.6 Å². The quantitative estimate of drug-likeness (QED) is 0.0629. The van der Waals surface area contributed by atoms with E-state index in [0.29, 0.717) is 42.1 Å². The number of carbonyl (C=O) groups is 4. The molecule has 286 valence electrons. The van der Waals surface area contributed by atoms with Crippen LogP contribution >= 0.6 is 11.6 Å². The van der Waals surface area contributed by atoms with E-state index < -0.39 is 47.4 Å². The molecule has 0 spiro atoms. The van der Waals surface area contributed by atoms with Crippen LogP contribution in [0.15, 0.2) is 54.6 Å². The molecule has 0 bridgehead atoms. The summed E-state index contributed by atoms with van der Waals surface area (Å²) in [6, 6.07) is 10.6. The zero-order chi connectivity index (χ0) is 38.8. The van der Waals surface area contributed by atoms with Crippen LogP contribution in [0.5, 0.6) is 5.75 Å². The van der Waals surface area contributed by atoms with Gasteiger partial charge in [0.15, 0.2) is 0 Å². The van der Waals surface area contributed by atoms with Crippen LogP contribution in [0, 0.1) is 16.7 Å². The van der Waals surface area contributed by atoms with E-state index in [2.05, 4.69) is 16.0 Å². The van der Waals surface area contributed by atoms with Crippen LogP contribution in [0.3, 0.4) is 0 Å². The second kappa shape index (κ2) is 18.7. The molecule has 1 aliphatic rings. The van der Waals surface area contributed by atoms with Crippen molar-refractivity contribution in [3.05, 3.63) is 76.3 Å². The van der Waals surface area contributed by atoms with E-state index in [1.54, 1.807) is 39.0 Å². The minimum absolute atomic E-state index is 0.105. The zero-order valence-corrected chi connectivity index (χ0v) is 32.7. The minimum Gasteiger partial charge on any atom is -0.495 e. The fourth-order valence-electron chi connectivity index (χ4n) is 5.94. The van der Waals surface area contributed by atoms with Gasteiger partial charge in [0, 0.05) is 31.3 Å². The summed E-state index contributed by atoms with van der Waals surface area (Å²) in [7, 11) is 1.51. The van der Waals surface area contributed by atoms with Crippen LogP contribution in [0.25, 0.3) is 0 Å². The largest absolute Gasteiger partial charge is 0.495 e. The molecule has 11 nitrogen and oxygen atoms in total. The first-order chi connectivity index (χ1) is 24.4. The highest BCUT2D eigenvalue weighted by Crippen LogP contribution is 2.45. The molecule has 12 heteroatoms. The van der Waals surface area contributed by atoms with E-state index in [9.17, 15) is 19.2 Å². The highest BCUT2D eigenvalue weighted by Gasteiger charge is 2.48. The summed E-state index contributed by atoms with van der Waals surface area (Å²) >= 11 is 6.27. The molecule has 3 rings (SSSR count). The number of esters is 1. The number of nitrogens with two attached hydrogens (primary N) is 1. The van der Waals surface area contributed by atoms with Crippen LogP contribution in [0.2, 0.25) is 5.02 Å². The molecule has 1 fully saturated rings. The number of nitrogens with one attached hydrogen (secondary N) is 3.